The summed E-state index contributed by atoms with van der Waals surface area (Å²) in [5, 5.41) is 0. The zero-order chi connectivity index (χ0) is 12.1. The third-order valence-electron chi connectivity index (χ3n) is 4.58. The first-order valence-electron chi connectivity index (χ1n) is 6.53. The largest absolute Gasteiger partial charge is 0.0996 e. The SMILES string of the molecule is C=C(C)C(C)(CC)CCC(C)C(C)CC. The third kappa shape index (κ3) is 4.40. The second-order valence-electron chi connectivity index (χ2n) is 5.60. The molecule has 0 aliphatic rings. The van der Waals surface area contributed by atoms with E-state index in [1.54, 1.807) is 0 Å². The van der Waals surface area contributed by atoms with Gasteiger partial charge in [-0.15, -0.1) is 0 Å². The maximum Gasteiger partial charge on any atom is -0.0124 e. The molecule has 0 heteroatoms. The van der Waals surface area contributed by atoms with Gasteiger partial charge in [0.25, 0.3) is 0 Å². The highest BCUT2D eigenvalue weighted by Crippen LogP contribution is 2.36. The van der Waals surface area contributed by atoms with Gasteiger partial charge >= 0.3 is 0 Å². The van der Waals surface area contributed by atoms with Crippen LogP contribution in [0.2, 0.25) is 0 Å². The van der Waals surface area contributed by atoms with Gasteiger partial charge in [0.1, 0.15) is 0 Å². The summed E-state index contributed by atoms with van der Waals surface area (Å²) in [7, 11) is 0. The Balaban J connectivity index is 4.18. The predicted molar refractivity (Wildman–Crippen MR) is 71.1 cm³/mol. The number of hydrogen-bond acceptors (Lipinski definition) is 0. The molecule has 0 amide bonds. The number of hydrogen-bond donors (Lipinski definition) is 0. The molecule has 15 heavy (non-hydrogen) atoms. The van der Waals surface area contributed by atoms with E-state index in [-0.39, 0.29) is 0 Å². The molecule has 3 atom stereocenters. The van der Waals surface area contributed by atoms with E-state index < -0.39 is 0 Å². The second-order valence-corrected chi connectivity index (χ2v) is 5.60. The molecule has 0 radical (unpaired) electrons. The van der Waals surface area contributed by atoms with Crippen LogP contribution in [-0.4, -0.2) is 0 Å². The summed E-state index contributed by atoms with van der Waals surface area (Å²) in [5.74, 6) is 1.71. The quantitative estimate of drug-likeness (QED) is 0.491. The molecule has 0 aliphatic carbocycles. The fourth-order valence-electron chi connectivity index (χ4n) is 1.93. The molecule has 3 unspecified atom stereocenters. The molecular weight excluding hydrogens is 180 g/mol. The van der Waals surface area contributed by atoms with Crippen molar-refractivity contribution in [2.75, 3.05) is 0 Å². The van der Waals surface area contributed by atoms with Gasteiger partial charge in [-0.05, 0) is 43.4 Å². The minimum absolute atomic E-state index is 0.363. The van der Waals surface area contributed by atoms with E-state index in [2.05, 4.69) is 48.1 Å². The van der Waals surface area contributed by atoms with Crippen molar-refractivity contribution in [1.82, 2.24) is 0 Å². The van der Waals surface area contributed by atoms with Crippen molar-refractivity contribution in [1.29, 1.82) is 0 Å². The smallest absolute Gasteiger partial charge is 0.0124 e. The van der Waals surface area contributed by atoms with Crippen LogP contribution >= 0.6 is 0 Å². The molecule has 0 aliphatic heterocycles. The normalized spacial score (nSPS) is 19.3. The Morgan fingerprint density at radius 2 is 1.73 bits per heavy atom. The first kappa shape index (κ1) is 14.7. The van der Waals surface area contributed by atoms with Crippen LogP contribution in [0.1, 0.15) is 67.2 Å². The Morgan fingerprint density at radius 1 is 1.20 bits per heavy atom. The van der Waals surface area contributed by atoms with E-state index >= 15 is 0 Å². The maximum absolute atomic E-state index is 4.14. The van der Waals surface area contributed by atoms with Crippen LogP contribution in [0.25, 0.3) is 0 Å². The topological polar surface area (TPSA) is 0 Å². The standard InChI is InChI=1S/C15H30/c1-8-13(5)14(6)10-11-15(7,9-2)12(3)4/h13-14H,3,8-11H2,1-2,4-7H3. The Morgan fingerprint density at radius 3 is 2.07 bits per heavy atom. The molecule has 0 heterocycles. The molecule has 0 aromatic carbocycles. The molecule has 0 spiro atoms. The van der Waals surface area contributed by atoms with E-state index in [1.807, 2.05) is 0 Å². The lowest BCUT2D eigenvalue weighted by atomic mass is 9.74. The molecule has 0 fully saturated rings. The van der Waals surface area contributed by atoms with E-state index in [0.29, 0.717) is 5.41 Å². The van der Waals surface area contributed by atoms with Gasteiger partial charge in [-0.3, -0.25) is 0 Å². The molecule has 0 N–H and O–H groups in total. The van der Waals surface area contributed by atoms with Gasteiger partial charge in [-0.25, -0.2) is 0 Å². The number of rotatable bonds is 7. The van der Waals surface area contributed by atoms with Gasteiger partial charge in [0.15, 0.2) is 0 Å². The summed E-state index contributed by atoms with van der Waals surface area (Å²) in [6.07, 6.45) is 5.16. The lowest BCUT2D eigenvalue weighted by molar-refractivity contribution is 0.271. The zero-order valence-corrected chi connectivity index (χ0v) is 11.7. The van der Waals surface area contributed by atoms with Gasteiger partial charge in [-0.2, -0.15) is 0 Å². The lowest BCUT2D eigenvalue weighted by Crippen LogP contribution is -2.19. The summed E-state index contributed by atoms with van der Waals surface area (Å²) in [6.45, 7) is 18.0. The van der Waals surface area contributed by atoms with Gasteiger partial charge in [0.05, 0.1) is 0 Å². The highest BCUT2D eigenvalue weighted by Gasteiger charge is 2.24. The van der Waals surface area contributed by atoms with Crippen LogP contribution in [-0.2, 0) is 0 Å². The van der Waals surface area contributed by atoms with Crippen molar-refractivity contribution in [2.45, 2.75) is 67.2 Å². The Kier molecular flexibility index (Phi) is 6.24. The summed E-state index contributed by atoms with van der Waals surface area (Å²) in [6, 6.07) is 0. The van der Waals surface area contributed by atoms with Crippen LogP contribution in [0, 0.1) is 17.3 Å². The molecule has 0 saturated carbocycles. The van der Waals surface area contributed by atoms with Crippen molar-refractivity contribution < 1.29 is 0 Å². The minimum Gasteiger partial charge on any atom is -0.0996 e. The molecule has 0 nitrogen and oxygen atoms in total. The van der Waals surface area contributed by atoms with Crippen molar-refractivity contribution in [2.24, 2.45) is 17.3 Å². The summed E-state index contributed by atoms with van der Waals surface area (Å²) in [4.78, 5) is 0. The zero-order valence-electron chi connectivity index (χ0n) is 11.7. The minimum atomic E-state index is 0.363. The molecule has 0 saturated heterocycles. The molecule has 0 aromatic heterocycles. The van der Waals surface area contributed by atoms with E-state index in [4.69, 9.17) is 0 Å². The van der Waals surface area contributed by atoms with Crippen LogP contribution in [0.3, 0.4) is 0 Å². The Bertz CT molecular complexity index is 192. The second kappa shape index (κ2) is 6.35. The first-order valence-corrected chi connectivity index (χ1v) is 6.53. The highest BCUT2D eigenvalue weighted by molar-refractivity contribution is 5.04. The van der Waals surface area contributed by atoms with Gasteiger partial charge < -0.3 is 0 Å². The van der Waals surface area contributed by atoms with Crippen LogP contribution in [0.15, 0.2) is 12.2 Å². The monoisotopic (exact) mass is 210 g/mol. The number of allylic oxidation sites excluding steroid dienone is 1. The molecule has 0 bridgehead atoms. The van der Waals surface area contributed by atoms with Crippen LogP contribution < -0.4 is 0 Å². The van der Waals surface area contributed by atoms with E-state index in [1.165, 1.54) is 31.3 Å². The summed E-state index contributed by atoms with van der Waals surface area (Å²) < 4.78 is 0. The van der Waals surface area contributed by atoms with Crippen molar-refractivity contribution in [3.8, 4) is 0 Å². The van der Waals surface area contributed by atoms with Gasteiger partial charge in [-0.1, -0.05) is 53.2 Å². The van der Waals surface area contributed by atoms with Gasteiger partial charge in [0, 0.05) is 0 Å². The molecule has 90 valence electrons. The molecular formula is C15H30. The van der Waals surface area contributed by atoms with E-state index in [0.717, 1.165) is 11.8 Å². The Hall–Kier alpha value is -0.260. The van der Waals surface area contributed by atoms with Crippen molar-refractivity contribution >= 4 is 0 Å². The third-order valence-corrected chi connectivity index (χ3v) is 4.58. The average Bonchev–Trinajstić information content (AvgIpc) is 2.23. The molecule has 0 aromatic rings. The average molecular weight is 210 g/mol. The first-order chi connectivity index (χ1) is 6.87. The highest BCUT2D eigenvalue weighted by atomic mass is 14.3. The fraction of sp³-hybridized carbons (Fsp3) is 0.867. The van der Waals surface area contributed by atoms with Crippen molar-refractivity contribution in [3.05, 3.63) is 12.2 Å². The maximum atomic E-state index is 4.14. The molecule has 0 rings (SSSR count). The van der Waals surface area contributed by atoms with Crippen molar-refractivity contribution in [3.63, 3.8) is 0 Å². The van der Waals surface area contributed by atoms with E-state index in [9.17, 15) is 0 Å². The van der Waals surface area contributed by atoms with Crippen LogP contribution in [0.4, 0.5) is 0 Å². The van der Waals surface area contributed by atoms with Gasteiger partial charge in [0.2, 0.25) is 0 Å². The predicted octanol–water partition coefficient (Wildman–Crippen LogP) is 5.44. The summed E-state index contributed by atoms with van der Waals surface area (Å²) in [5.41, 5.74) is 1.71. The fourth-order valence-corrected chi connectivity index (χ4v) is 1.93. The van der Waals surface area contributed by atoms with Crippen LogP contribution in [0.5, 0.6) is 0 Å². The summed E-state index contributed by atoms with van der Waals surface area (Å²) >= 11 is 0. The Labute approximate surface area is 97.2 Å². The lowest BCUT2D eigenvalue weighted by Gasteiger charge is -2.31.